The lowest BCUT2D eigenvalue weighted by Gasteiger charge is -2.30. The number of aromatic nitrogens is 3. The van der Waals surface area contributed by atoms with Gasteiger partial charge in [-0.15, -0.1) is 0 Å². The molecule has 15 nitrogen and oxygen atoms in total. The van der Waals surface area contributed by atoms with Gasteiger partial charge in [0.25, 0.3) is 5.91 Å². The molecular formula is C43H49N7O8S. The molecule has 0 spiro atoms. The topological polar surface area (TPSA) is 190 Å². The molecule has 310 valence electrons. The first-order valence-corrected chi connectivity index (χ1v) is 22.5. The monoisotopic (exact) mass is 823 g/mol. The van der Waals surface area contributed by atoms with E-state index in [1.165, 1.54) is 4.90 Å². The van der Waals surface area contributed by atoms with Crippen LogP contribution in [0.2, 0.25) is 0 Å². The zero-order valence-electron chi connectivity index (χ0n) is 32.8. The van der Waals surface area contributed by atoms with Gasteiger partial charge in [0.15, 0.2) is 5.65 Å². The summed E-state index contributed by atoms with van der Waals surface area (Å²) in [6.45, 7) is -0.0172. The van der Waals surface area contributed by atoms with Crippen LogP contribution in [0.15, 0.2) is 72.8 Å². The lowest BCUT2D eigenvalue weighted by atomic mass is 10.0. The molecule has 3 aliphatic carbocycles. The van der Waals surface area contributed by atoms with E-state index in [4.69, 9.17) is 19.6 Å². The van der Waals surface area contributed by atoms with Crippen molar-refractivity contribution in [3.05, 3.63) is 72.8 Å². The highest BCUT2D eigenvalue weighted by Crippen LogP contribution is 2.46. The Labute approximate surface area is 342 Å². The van der Waals surface area contributed by atoms with Gasteiger partial charge in [0.2, 0.25) is 27.7 Å². The van der Waals surface area contributed by atoms with Crippen LogP contribution in [0.3, 0.4) is 0 Å². The van der Waals surface area contributed by atoms with E-state index in [9.17, 15) is 27.6 Å². The summed E-state index contributed by atoms with van der Waals surface area (Å²) in [6, 6.07) is 17.0. The highest BCUT2D eigenvalue weighted by Gasteiger charge is 2.62. The summed E-state index contributed by atoms with van der Waals surface area (Å²) >= 11 is 0. The lowest BCUT2D eigenvalue weighted by molar-refractivity contribution is -0.141. The van der Waals surface area contributed by atoms with Gasteiger partial charge < -0.3 is 25.0 Å². The third-order valence-electron chi connectivity index (χ3n) is 12.3. The SMILES string of the molecule is O=C(NC1CCCCCC=CC2CC2(C(=O)NS(=O)(=O)C2CC2)NC(=O)C2CC(Oc3cc(-c4ccccc4)nc4c5ccccc5nn34)CN2C1=O)OC1CCCC1. The second-order valence-corrected chi connectivity index (χ2v) is 18.6. The molecule has 3 N–H and O–H groups in total. The van der Waals surface area contributed by atoms with Crippen molar-refractivity contribution in [2.45, 2.75) is 119 Å². The fourth-order valence-corrected chi connectivity index (χ4v) is 10.2. The van der Waals surface area contributed by atoms with Crippen LogP contribution in [-0.4, -0.2) is 93.4 Å². The average Bonchev–Trinajstić information content (AvgIpc) is 4.04. The first kappa shape index (κ1) is 39.0. The number of fused-ring (bicyclic) bond motifs is 5. The van der Waals surface area contributed by atoms with Gasteiger partial charge in [0.05, 0.1) is 23.0 Å². The highest BCUT2D eigenvalue weighted by atomic mass is 32.2. The number of rotatable bonds is 8. The Bertz CT molecular complexity index is 2410. The van der Waals surface area contributed by atoms with Gasteiger partial charge in [-0.2, -0.15) is 9.61 Å². The molecule has 1 saturated heterocycles. The predicted molar refractivity (Wildman–Crippen MR) is 217 cm³/mol. The summed E-state index contributed by atoms with van der Waals surface area (Å²) < 4.78 is 42.2. The van der Waals surface area contributed by atoms with E-state index in [-0.39, 0.29) is 25.5 Å². The standard InChI is InChI=1S/C43H49N7O8S/c51-39-36-23-30(57-37-24-35(27-13-5-4-6-14-27)44-38-32-18-11-12-19-33(32)47-50(37)38)26-49(36)40(52)34(45-42(54)58-29-16-9-10-17-29)20-8-3-1-2-7-15-28-25-43(28,46-39)41(53)48-59(55,56)31-21-22-31/h4-7,11-15,18-19,24,28-31,34,36H,1-3,8-10,16-17,20-23,25-26H2,(H,45,54)(H,46,51)(H,48,53). The minimum Gasteiger partial charge on any atom is -0.472 e. The number of alkyl carbamates (subject to hydrolysis) is 1. The smallest absolute Gasteiger partial charge is 0.408 e. The first-order chi connectivity index (χ1) is 28.6. The van der Waals surface area contributed by atoms with Crippen molar-refractivity contribution in [3.63, 3.8) is 0 Å². The van der Waals surface area contributed by atoms with Gasteiger partial charge in [0, 0.05) is 29.4 Å². The molecule has 4 heterocycles. The zero-order chi connectivity index (χ0) is 40.7. The van der Waals surface area contributed by atoms with Crippen LogP contribution < -0.4 is 20.1 Å². The third kappa shape index (κ3) is 8.10. The number of sulfonamides is 1. The number of carbonyl (C=O) groups excluding carboxylic acids is 4. The predicted octanol–water partition coefficient (Wildman–Crippen LogP) is 4.94. The van der Waals surface area contributed by atoms with E-state index in [0.717, 1.165) is 49.5 Å². The van der Waals surface area contributed by atoms with Crippen LogP contribution in [0.5, 0.6) is 5.88 Å². The largest absolute Gasteiger partial charge is 0.472 e. The minimum atomic E-state index is -3.90. The Kier molecular flexibility index (Phi) is 10.5. The van der Waals surface area contributed by atoms with Crippen LogP contribution >= 0.6 is 0 Å². The second kappa shape index (κ2) is 15.9. The van der Waals surface area contributed by atoms with Gasteiger partial charge in [0.1, 0.15) is 29.8 Å². The molecule has 5 unspecified atom stereocenters. The Hall–Kier alpha value is -5.51. The van der Waals surface area contributed by atoms with Crippen LogP contribution in [-0.2, 0) is 29.1 Å². The molecule has 4 amide bonds. The molecular weight excluding hydrogens is 775 g/mol. The lowest BCUT2D eigenvalue weighted by Crippen LogP contribution is -2.58. The normalized spacial score (nSPS) is 26.7. The third-order valence-corrected chi connectivity index (χ3v) is 14.1. The van der Waals surface area contributed by atoms with Gasteiger partial charge in [-0.05, 0) is 76.3 Å². The van der Waals surface area contributed by atoms with Gasteiger partial charge >= 0.3 is 6.09 Å². The van der Waals surface area contributed by atoms with E-state index in [0.29, 0.717) is 54.8 Å². The van der Waals surface area contributed by atoms with Crippen LogP contribution in [0.1, 0.15) is 83.5 Å². The fourth-order valence-electron chi connectivity index (χ4n) is 8.80. The number of hydrogen-bond acceptors (Lipinski definition) is 10. The quantitative estimate of drug-likeness (QED) is 0.205. The van der Waals surface area contributed by atoms with Crippen molar-refractivity contribution < 1.29 is 37.1 Å². The maximum atomic E-state index is 14.7. The molecule has 59 heavy (non-hydrogen) atoms. The minimum absolute atomic E-state index is 0.0172. The second-order valence-electron chi connectivity index (χ2n) is 16.6. The number of carbonyl (C=O) groups is 4. The molecule has 2 aromatic carbocycles. The van der Waals surface area contributed by atoms with Crippen molar-refractivity contribution in [2.75, 3.05) is 6.54 Å². The van der Waals surface area contributed by atoms with Gasteiger partial charge in [-0.25, -0.2) is 18.2 Å². The number of hydrogen-bond donors (Lipinski definition) is 3. The van der Waals surface area contributed by atoms with E-state index in [1.807, 2.05) is 66.7 Å². The number of nitrogens with zero attached hydrogens (tertiary/aromatic N) is 4. The summed E-state index contributed by atoms with van der Waals surface area (Å²) in [6.07, 6.45) is 10.2. The van der Waals surface area contributed by atoms with Gasteiger partial charge in [-0.3, -0.25) is 19.1 Å². The van der Waals surface area contributed by atoms with Crippen molar-refractivity contribution >= 4 is 50.4 Å². The molecule has 2 aromatic heterocycles. The Morgan fingerprint density at radius 2 is 1.66 bits per heavy atom. The number of ether oxygens (including phenoxy) is 2. The average molecular weight is 824 g/mol. The Balaban J connectivity index is 1.05. The molecule has 3 saturated carbocycles. The number of nitrogens with one attached hydrogen (secondary N) is 3. The van der Waals surface area contributed by atoms with Crippen molar-refractivity contribution in [1.82, 2.24) is 34.9 Å². The van der Waals surface area contributed by atoms with Gasteiger partial charge in [-0.1, -0.05) is 67.5 Å². The van der Waals surface area contributed by atoms with E-state index >= 15 is 0 Å². The van der Waals surface area contributed by atoms with E-state index in [2.05, 4.69) is 15.4 Å². The maximum Gasteiger partial charge on any atom is 0.408 e. The molecule has 5 atom stereocenters. The first-order valence-electron chi connectivity index (χ1n) is 20.9. The molecule has 4 fully saturated rings. The van der Waals surface area contributed by atoms with E-state index in [1.54, 1.807) is 10.6 Å². The van der Waals surface area contributed by atoms with Crippen LogP contribution in [0.25, 0.3) is 27.8 Å². The number of amides is 4. The molecule has 0 radical (unpaired) electrons. The summed E-state index contributed by atoms with van der Waals surface area (Å²) in [5, 5.41) is 10.7. The van der Waals surface area contributed by atoms with Crippen LogP contribution in [0.4, 0.5) is 4.79 Å². The molecule has 4 aromatic rings. The summed E-state index contributed by atoms with van der Waals surface area (Å²) in [5.74, 6) is -1.94. The summed E-state index contributed by atoms with van der Waals surface area (Å²) in [4.78, 5) is 62.8. The van der Waals surface area contributed by atoms with Crippen molar-refractivity contribution in [1.29, 1.82) is 0 Å². The fraction of sp³-hybridized carbons (Fsp3) is 0.488. The highest BCUT2D eigenvalue weighted by molar-refractivity contribution is 7.91. The number of allylic oxidation sites excluding steroid dienone is 1. The van der Waals surface area contributed by atoms with Crippen molar-refractivity contribution in [3.8, 4) is 17.1 Å². The van der Waals surface area contributed by atoms with E-state index < -0.39 is 68.7 Å². The van der Waals surface area contributed by atoms with Crippen LogP contribution in [0, 0.1) is 5.92 Å². The summed E-state index contributed by atoms with van der Waals surface area (Å²) in [5.41, 5.74) is 1.28. The molecule has 0 bridgehead atoms. The molecule has 16 heteroatoms. The Morgan fingerprint density at radius 1 is 0.898 bits per heavy atom. The van der Waals surface area contributed by atoms with Crippen molar-refractivity contribution in [2.24, 2.45) is 5.92 Å². The zero-order valence-corrected chi connectivity index (χ0v) is 33.6. The number of benzene rings is 2. The molecule has 9 rings (SSSR count). The molecule has 5 aliphatic rings. The summed E-state index contributed by atoms with van der Waals surface area (Å²) in [7, 11) is -3.90. The Morgan fingerprint density at radius 3 is 2.46 bits per heavy atom. The maximum absolute atomic E-state index is 14.7. The molecule has 2 aliphatic heterocycles.